The van der Waals surface area contributed by atoms with Crippen LogP contribution in [-0.4, -0.2) is 28.5 Å². The van der Waals surface area contributed by atoms with E-state index in [2.05, 4.69) is 0 Å². The molecule has 0 atom stereocenters. The molecule has 0 rings (SSSR count). The Kier molecular flexibility index (Phi) is 208. The van der Waals surface area contributed by atoms with Gasteiger partial charge in [-0.3, -0.25) is 0 Å². The van der Waals surface area contributed by atoms with Gasteiger partial charge in [0.1, 0.15) is 0 Å². The summed E-state index contributed by atoms with van der Waals surface area (Å²) in [5, 5.41) is 0. The van der Waals surface area contributed by atoms with Crippen molar-refractivity contribution >= 4 is 23.1 Å². The first-order valence-electron chi connectivity index (χ1n) is 0. The average Bonchev–Trinajstić information content (AvgIpc) is 0. The van der Waals surface area contributed by atoms with E-state index in [0.29, 0.717) is 0 Å². The van der Waals surface area contributed by atoms with E-state index < -0.39 is 0 Å². The standard InChI is InChI=1S/Fe.Mg.H2O.Zn.2H/h;;1H2;;;. The van der Waals surface area contributed by atoms with Crippen molar-refractivity contribution in [1.82, 2.24) is 0 Å². The van der Waals surface area contributed by atoms with Crippen molar-refractivity contribution in [2.24, 2.45) is 0 Å². The number of hydrogen-bond acceptors (Lipinski definition) is 0. The van der Waals surface area contributed by atoms with E-state index in [0.717, 1.165) is 0 Å². The second-order valence-corrected chi connectivity index (χ2v) is 0. The molecule has 0 aromatic heterocycles. The monoisotopic (exact) mass is 164 g/mol. The van der Waals surface area contributed by atoms with E-state index in [1.165, 1.54) is 0 Å². The Labute approximate surface area is 64.6 Å². The van der Waals surface area contributed by atoms with Crippen molar-refractivity contribution in [3.8, 4) is 0 Å². The summed E-state index contributed by atoms with van der Waals surface area (Å²) in [6.45, 7) is 0. The van der Waals surface area contributed by atoms with Gasteiger partial charge in [0.05, 0.1) is 0 Å². The molecule has 0 unspecified atom stereocenters. The molecule has 0 fully saturated rings. The first-order valence-corrected chi connectivity index (χ1v) is 0. The fourth-order valence-corrected chi connectivity index (χ4v) is 0. The van der Waals surface area contributed by atoms with Crippen LogP contribution in [0.1, 0.15) is 0 Å². The van der Waals surface area contributed by atoms with Crippen LogP contribution in [0.4, 0.5) is 0 Å². The Morgan fingerprint density at radius 1 is 1.00 bits per heavy atom. The second-order valence-electron chi connectivity index (χ2n) is 0. The van der Waals surface area contributed by atoms with Crippen LogP contribution in [0.15, 0.2) is 0 Å². The molecule has 22 valence electrons. The van der Waals surface area contributed by atoms with Gasteiger partial charge in [-0.05, 0) is 0 Å². The summed E-state index contributed by atoms with van der Waals surface area (Å²) < 4.78 is 0. The smallest absolute Gasteiger partial charge is 0.316 e. The maximum Gasteiger partial charge on any atom is 0.316 e. The van der Waals surface area contributed by atoms with Gasteiger partial charge < -0.3 is 5.48 Å². The van der Waals surface area contributed by atoms with E-state index in [1.807, 2.05) is 0 Å². The topological polar surface area (TPSA) is 31.5 Å². The van der Waals surface area contributed by atoms with Crippen molar-refractivity contribution in [1.29, 1.82) is 0 Å². The fourth-order valence-electron chi connectivity index (χ4n) is 0. The minimum atomic E-state index is 0. The van der Waals surface area contributed by atoms with Crippen molar-refractivity contribution in [2.75, 3.05) is 0 Å². The normalized spacial score (nSPS) is 0. The molecule has 0 aliphatic carbocycles. The van der Waals surface area contributed by atoms with Crippen LogP contribution < -0.4 is 0 Å². The van der Waals surface area contributed by atoms with Crippen LogP contribution >= 0.6 is 0 Å². The summed E-state index contributed by atoms with van der Waals surface area (Å²) >= 11 is 0. The predicted octanol–water partition coefficient (Wildman–Crippen LogP) is -1.75. The molecular formula is H4FeMgOZn. The van der Waals surface area contributed by atoms with Crippen molar-refractivity contribution in [3.05, 3.63) is 0 Å². The van der Waals surface area contributed by atoms with E-state index in [9.17, 15) is 0 Å². The van der Waals surface area contributed by atoms with Crippen molar-refractivity contribution in [2.45, 2.75) is 0 Å². The van der Waals surface area contributed by atoms with E-state index in [1.54, 1.807) is 0 Å². The van der Waals surface area contributed by atoms with Crippen LogP contribution in [0.5, 0.6) is 0 Å². The average molecular weight is 166 g/mol. The van der Waals surface area contributed by atoms with Gasteiger partial charge in [0.2, 0.25) is 0 Å². The molecule has 0 aliphatic heterocycles. The third-order valence-corrected chi connectivity index (χ3v) is 0. The molecule has 4 heavy (non-hydrogen) atoms. The Balaban J connectivity index is 0. The maximum absolute atomic E-state index is 0. The largest absolute Gasteiger partial charge is 0.412 e. The summed E-state index contributed by atoms with van der Waals surface area (Å²) in [5.41, 5.74) is 0. The van der Waals surface area contributed by atoms with Gasteiger partial charge in [-0.15, -0.1) is 0 Å². The predicted molar refractivity (Wildman–Crippen MR) is 12.2 cm³/mol. The van der Waals surface area contributed by atoms with E-state index >= 15 is 0 Å². The molecule has 0 saturated carbocycles. The Morgan fingerprint density at radius 3 is 1.00 bits per heavy atom. The first-order chi connectivity index (χ1) is 0. The van der Waals surface area contributed by atoms with Gasteiger partial charge in [-0.25, -0.2) is 0 Å². The van der Waals surface area contributed by atoms with Gasteiger partial charge in [-0.2, -0.15) is 0 Å². The Morgan fingerprint density at radius 2 is 1.00 bits per heavy atom. The third-order valence-electron chi connectivity index (χ3n) is 0. The molecule has 4 heteroatoms. The summed E-state index contributed by atoms with van der Waals surface area (Å²) in [6, 6.07) is 0. The molecule has 0 aromatic carbocycles. The molecule has 0 aliphatic rings. The molecule has 0 amide bonds. The van der Waals surface area contributed by atoms with E-state index in [-0.39, 0.29) is 65.1 Å². The third kappa shape index (κ3) is 9.12. The van der Waals surface area contributed by atoms with Crippen molar-refractivity contribution < 1.29 is 42.0 Å². The fraction of sp³-hybridized carbons (Fsp3) is 0. The van der Waals surface area contributed by atoms with Gasteiger partial charge in [-0.1, -0.05) is 0 Å². The zero-order chi connectivity index (χ0) is 0. The van der Waals surface area contributed by atoms with Gasteiger partial charge in [0.25, 0.3) is 0 Å². The molecular weight excluding hydrogens is 162 g/mol. The molecule has 0 bridgehead atoms. The molecule has 0 heterocycles. The summed E-state index contributed by atoms with van der Waals surface area (Å²) in [6.07, 6.45) is 0. The Hall–Kier alpha value is 1.87. The van der Waals surface area contributed by atoms with Gasteiger partial charge >= 0.3 is 23.1 Å². The molecule has 0 saturated heterocycles. The molecule has 0 aromatic rings. The van der Waals surface area contributed by atoms with Gasteiger partial charge in [0.15, 0.2) is 0 Å². The van der Waals surface area contributed by atoms with Crippen molar-refractivity contribution in [3.63, 3.8) is 0 Å². The number of rotatable bonds is 0. The van der Waals surface area contributed by atoms with Crippen LogP contribution in [0.25, 0.3) is 0 Å². The minimum absolute atomic E-state index is 0. The maximum atomic E-state index is 0. The van der Waals surface area contributed by atoms with Crippen LogP contribution in [0.2, 0.25) is 0 Å². The summed E-state index contributed by atoms with van der Waals surface area (Å²) in [7, 11) is 0. The number of hydrogen-bond donors (Lipinski definition) is 0. The molecule has 0 spiro atoms. The SMILES string of the molecule is O.[Fe].[MgH2].[Zn]. The van der Waals surface area contributed by atoms with Crippen LogP contribution in [0, 0.1) is 0 Å². The molecule has 0 radical (unpaired) electrons. The van der Waals surface area contributed by atoms with E-state index in [4.69, 9.17) is 0 Å². The van der Waals surface area contributed by atoms with Crippen LogP contribution in [-0.2, 0) is 36.5 Å². The summed E-state index contributed by atoms with van der Waals surface area (Å²) in [5.74, 6) is 0. The van der Waals surface area contributed by atoms with Gasteiger partial charge in [0, 0.05) is 36.5 Å². The first kappa shape index (κ1) is 39.8. The molecule has 2 N–H and O–H groups in total. The quantitative estimate of drug-likeness (QED) is 0.382. The molecule has 1 nitrogen and oxygen atoms in total. The van der Waals surface area contributed by atoms with Crippen LogP contribution in [0.3, 0.4) is 0 Å². The summed E-state index contributed by atoms with van der Waals surface area (Å²) in [4.78, 5) is 0. The minimum Gasteiger partial charge on any atom is -0.412 e. The Bertz CT molecular complexity index is 8.00. The zero-order valence-corrected chi connectivity index (χ0v) is 5.63. The second kappa shape index (κ2) is 20.9. The zero-order valence-electron chi connectivity index (χ0n) is 1.56.